The van der Waals surface area contributed by atoms with E-state index in [0.29, 0.717) is 30.4 Å². The number of aromatic amines is 1. The maximum Gasteiger partial charge on any atom is 0.253 e. The van der Waals surface area contributed by atoms with E-state index >= 15 is 0 Å². The van der Waals surface area contributed by atoms with Crippen LogP contribution in [0, 0.1) is 0 Å². The summed E-state index contributed by atoms with van der Waals surface area (Å²) in [5, 5.41) is 8.30. The van der Waals surface area contributed by atoms with Crippen LogP contribution in [0.15, 0.2) is 28.9 Å². The number of carbonyl (C=O) groups is 1. The fraction of sp³-hybridized carbons (Fsp3) is 0.444. The van der Waals surface area contributed by atoms with E-state index in [-0.39, 0.29) is 17.7 Å². The summed E-state index contributed by atoms with van der Waals surface area (Å²) in [5.41, 5.74) is 2.44. The van der Waals surface area contributed by atoms with Gasteiger partial charge in [0.15, 0.2) is 0 Å². The average molecular weight is 339 g/mol. The van der Waals surface area contributed by atoms with E-state index in [1.807, 2.05) is 36.9 Å². The van der Waals surface area contributed by atoms with Crippen LogP contribution in [-0.4, -0.2) is 44.1 Å². The Kier molecular flexibility index (Phi) is 3.99. The van der Waals surface area contributed by atoms with Crippen molar-refractivity contribution in [3.05, 3.63) is 41.9 Å². The maximum atomic E-state index is 12.7. The van der Waals surface area contributed by atoms with Crippen molar-refractivity contribution >= 4 is 16.9 Å². The Morgan fingerprint density at radius 2 is 2.08 bits per heavy atom. The van der Waals surface area contributed by atoms with Crippen molar-refractivity contribution in [2.45, 2.75) is 38.5 Å². The summed E-state index contributed by atoms with van der Waals surface area (Å²) < 4.78 is 5.77. The lowest BCUT2D eigenvalue weighted by Crippen LogP contribution is -2.38. The lowest BCUT2D eigenvalue weighted by molar-refractivity contribution is 0.0706. The van der Waals surface area contributed by atoms with Crippen molar-refractivity contribution in [3.63, 3.8) is 0 Å². The number of rotatable bonds is 3. The van der Waals surface area contributed by atoms with Crippen LogP contribution in [-0.2, 0) is 0 Å². The Morgan fingerprint density at radius 3 is 2.80 bits per heavy atom. The topological polar surface area (TPSA) is 87.9 Å². The average Bonchev–Trinajstić information content (AvgIpc) is 3.30. The highest BCUT2D eigenvalue weighted by atomic mass is 16.4. The van der Waals surface area contributed by atoms with Crippen molar-refractivity contribution in [2.75, 3.05) is 13.1 Å². The Hall–Kier alpha value is -2.70. The van der Waals surface area contributed by atoms with Crippen LogP contribution in [0.25, 0.3) is 11.0 Å². The molecular weight excluding hydrogens is 318 g/mol. The normalized spacial score (nSPS) is 16.0. The molecule has 0 atom stereocenters. The minimum Gasteiger partial charge on any atom is -0.425 e. The van der Waals surface area contributed by atoms with Gasteiger partial charge >= 0.3 is 0 Å². The molecule has 4 rings (SSSR count). The predicted molar refractivity (Wildman–Crippen MR) is 92.4 cm³/mol. The third kappa shape index (κ3) is 3.01. The maximum absolute atomic E-state index is 12.7. The number of H-pyrrole nitrogens is 1. The zero-order chi connectivity index (χ0) is 17.4. The van der Waals surface area contributed by atoms with Crippen LogP contribution >= 0.6 is 0 Å². The largest absolute Gasteiger partial charge is 0.425 e. The van der Waals surface area contributed by atoms with Crippen LogP contribution in [0.2, 0.25) is 0 Å². The van der Waals surface area contributed by atoms with Crippen molar-refractivity contribution in [1.29, 1.82) is 0 Å². The molecule has 3 heterocycles. The lowest BCUT2D eigenvalue weighted by Gasteiger charge is -2.30. The van der Waals surface area contributed by atoms with E-state index in [4.69, 9.17) is 4.42 Å². The van der Waals surface area contributed by atoms with Gasteiger partial charge in [0, 0.05) is 30.5 Å². The molecule has 7 nitrogen and oxygen atoms in total. The molecule has 0 aliphatic carbocycles. The highest BCUT2D eigenvalue weighted by molar-refractivity contribution is 5.97. The summed E-state index contributed by atoms with van der Waals surface area (Å²) >= 11 is 0. The molecule has 0 bridgehead atoms. The SMILES string of the molecule is CC(C)c1nnc(C2CCN(C(=O)c3ccc4nc[nH]c4c3)CC2)o1. The first-order valence-electron chi connectivity index (χ1n) is 8.67. The van der Waals surface area contributed by atoms with Gasteiger partial charge in [-0.1, -0.05) is 13.8 Å². The van der Waals surface area contributed by atoms with E-state index in [9.17, 15) is 4.79 Å². The first-order valence-corrected chi connectivity index (χ1v) is 8.67. The number of piperidine rings is 1. The van der Waals surface area contributed by atoms with E-state index in [1.165, 1.54) is 0 Å². The quantitative estimate of drug-likeness (QED) is 0.792. The highest BCUT2D eigenvalue weighted by Gasteiger charge is 2.28. The van der Waals surface area contributed by atoms with Crippen molar-refractivity contribution in [2.24, 2.45) is 0 Å². The number of hydrogen-bond acceptors (Lipinski definition) is 5. The minimum absolute atomic E-state index is 0.0587. The Morgan fingerprint density at radius 1 is 1.28 bits per heavy atom. The van der Waals surface area contributed by atoms with Crippen LogP contribution in [0.5, 0.6) is 0 Å². The minimum atomic E-state index is 0.0587. The number of aromatic nitrogens is 4. The van der Waals surface area contributed by atoms with Gasteiger partial charge in [-0.25, -0.2) is 4.98 Å². The van der Waals surface area contributed by atoms with Gasteiger partial charge in [0.2, 0.25) is 11.8 Å². The lowest BCUT2D eigenvalue weighted by atomic mass is 9.96. The van der Waals surface area contributed by atoms with Crippen LogP contribution in [0.3, 0.4) is 0 Å². The van der Waals surface area contributed by atoms with Gasteiger partial charge in [0.25, 0.3) is 5.91 Å². The zero-order valence-corrected chi connectivity index (χ0v) is 14.4. The number of hydrogen-bond donors (Lipinski definition) is 1. The molecule has 7 heteroatoms. The van der Waals surface area contributed by atoms with Crippen LogP contribution < -0.4 is 0 Å². The molecule has 0 unspecified atom stereocenters. The summed E-state index contributed by atoms with van der Waals surface area (Å²) in [5.74, 6) is 1.92. The van der Waals surface area contributed by atoms with Gasteiger partial charge in [0.05, 0.1) is 17.4 Å². The fourth-order valence-electron chi connectivity index (χ4n) is 3.23. The highest BCUT2D eigenvalue weighted by Crippen LogP contribution is 2.29. The molecule has 0 spiro atoms. The molecule has 1 aromatic carbocycles. The van der Waals surface area contributed by atoms with Gasteiger partial charge in [-0.15, -0.1) is 10.2 Å². The Labute approximate surface area is 145 Å². The van der Waals surface area contributed by atoms with Crippen molar-refractivity contribution < 1.29 is 9.21 Å². The molecule has 1 amide bonds. The molecular formula is C18H21N5O2. The second-order valence-corrected chi connectivity index (χ2v) is 6.83. The Bertz CT molecular complexity index is 890. The van der Waals surface area contributed by atoms with E-state index in [0.717, 1.165) is 23.9 Å². The molecule has 3 aromatic rings. The van der Waals surface area contributed by atoms with Crippen molar-refractivity contribution in [3.8, 4) is 0 Å². The van der Waals surface area contributed by atoms with E-state index in [1.54, 1.807) is 6.33 Å². The second-order valence-electron chi connectivity index (χ2n) is 6.83. The van der Waals surface area contributed by atoms with E-state index < -0.39 is 0 Å². The second kappa shape index (κ2) is 6.31. The molecule has 1 saturated heterocycles. The van der Waals surface area contributed by atoms with Gasteiger partial charge in [-0.3, -0.25) is 4.79 Å². The number of fused-ring (bicyclic) bond motifs is 1. The van der Waals surface area contributed by atoms with Gasteiger partial charge < -0.3 is 14.3 Å². The number of benzene rings is 1. The third-order valence-corrected chi connectivity index (χ3v) is 4.75. The Balaban J connectivity index is 1.42. The molecule has 1 fully saturated rings. The summed E-state index contributed by atoms with van der Waals surface area (Å²) in [6, 6.07) is 5.58. The van der Waals surface area contributed by atoms with Crippen molar-refractivity contribution in [1.82, 2.24) is 25.1 Å². The standard InChI is InChI=1S/C18H21N5O2/c1-11(2)16-21-22-17(25-16)12-5-7-23(8-6-12)18(24)13-3-4-14-15(9-13)20-10-19-14/h3-4,9-12H,5-8H2,1-2H3,(H,19,20). The van der Waals surface area contributed by atoms with Gasteiger partial charge in [-0.05, 0) is 31.0 Å². The smallest absolute Gasteiger partial charge is 0.253 e. The summed E-state index contributed by atoms with van der Waals surface area (Å²) in [7, 11) is 0. The molecule has 2 aromatic heterocycles. The number of likely N-dealkylation sites (tertiary alicyclic amines) is 1. The summed E-state index contributed by atoms with van der Waals surface area (Å²) in [4.78, 5) is 21.9. The third-order valence-electron chi connectivity index (χ3n) is 4.75. The summed E-state index contributed by atoms with van der Waals surface area (Å²) in [6.07, 6.45) is 3.33. The molecule has 0 saturated carbocycles. The number of nitrogens with zero attached hydrogens (tertiary/aromatic N) is 4. The van der Waals surface area contributed by atoms with Crippen LogP contribution in [0.1, 0.15) is 60.7 Å². The molecule has 1 N–H and O–H groups in total. The number of carbonyl (C=O) groups excluding carboxylic acids is 1. The fourth-order valence-corrected chi connectivity index (χ4v) is 3.23. The molecule has 25 heavy (non-hydrogen) atoms. The zero-order valence-electron chi connectivity index (χ0n) is 14.4. The number of imidazole rings is 1. The predicted octanol–water partition coefficient (Wildman–Crippen LogP) is 3.09. The van der Waals surface area contributed by atoms with Gasteiger partial charge in [-0.2, -0.15) is 0 Å². The van der Waals surface area contributed by atoms with Gasteiger partial charge in [0.1, 0.15) is 0 Å². The number of amides is 1. The first-order chi connectivity index (χ1) is 12.1. The van der Waals surface area contributed by atoms with Crippen LogP contribution in [0.4, 0.5) is 0 Å². The molecule has 1 aliphatic rings. The first kappa shape index (κ1) is 15.8. The number of nitrogens with one attached hydrogen (secondary N) is 1. The monoisotopic (exact) mass is 339 g/mol. The summed E-state index contributed by atoms with van der Waals surface area (Å²) in [6.45, 7) is 5.47. The molecule has 0 radical (unpaired) electrons. The molecule has 1 aliphatic heterocycles. The molecule has 130 valence electrons. The van der Waals surface area contributed by atoms with E-state index in [2.05, 4.69) is 20.2 Å².